The van der Waals surface area contributed by atoms with E-state index in [4.69, 9.17) is 32.9 Å². The van der Waals surface area contributed by atoms with Crippen molar-refractivity contribution in [1.29, 1.82) is 0 Å². The maximum Gasteiger partial charge on any atom is 0.337 e. The number of benzene rings is 3. The van der Waals surface area contributed by atoms with Gasteiger partial charge in [-0.15, -0.1) is 0 Å². The van der Waals surface area contributed by atoms with Crippen LogP contribution in [0, 0.1) is 5.82 Å². The Balaban J connectivity index is 1.51. The van der Waals surface area contributed by atoms with Crippen molar-refractivity contribution in [3.05, 3.63) is 93.5 Å². The average molecular weight is 674 g/mol. The van der Waals surface area contributed by atoms with Gasteiger partial charge in [-0.1, -0.05) is 41.4 Å². The SMILES string of the molecule is COC(=O)c1ccc2c(c1)nc1n2CC[C@H]2[C@@H]1[C@H](c1cccc(Cl)c1F)[C@H](C(=O)Nc1cccc(Cl)c1)N2CCCS(C)(=O)=O. The number of anilines is 1. The number of aromatic nitrogens is 2. The Hall–Kier alpha value is -3.51. The lowest BCUT2D eigenvalue weighted by molar-refractivity contribution is -0.121. The third-order valence-corrected chi connectivity index (χ3v) is 10.3. The fourth-order valence-electron chi connectivity index (χ4n) is 6.93. The molecule has 3 heterocycles. The van der Waals surface area contributed by atoms with Gasteiger partial charge in [-0.05, 0) is 60.9 Å². The number of nitrogens with zero attached hydrogens (tertiary/aromatic N) is 3. The van der Waals surface area contributed by atoms with E-state index >= 15 is 4.39 Å². The van der Waals surface area contributed by atoms with Crippen molar-refractivity contribution >= 4 is 61.6 Å². The first-order valence-electron chi connectivity index (χ1n) is 14.5. The Morgan fingerprint density at radius 1 is 1.09 bits per heavy atom. The van der Waals surface area contributed by atoms with Crippen molar-refractivity contribution in [2.24, 2.45) is 0 Å². The Morgan fingerprint density at radius 3 is 2.60 bits per heavy atom. The van der Waals surface area contributed by atoms with Gasteiger partial charge in [0.25, 0.3) is 0 Å². The second-order valence-electron chi connectivity index (χ2n) is 11.5. The summed E-state index contributed by atoms with van der Waals surface area (Å²) in [5.74, 6) is -2.10. The van der Waals surface area contributed by atoms with Crippen LogP contribution in [0.15, 0.2) is 60.7 Å². The minimum atomic E-state index is -3.27. The van der Waals surface area contributed by atoms with Gasteiger partial charge in [0.2, 0.25) is 5.91 Å². The average Bonchev–Trinajstić information content (AvgIpc) is 3.53. The summed E-state index contributed by atoms with van der Waals surface area (Å²) in [6, 6.07) is 15.5. The quantitative estimate of drug-likeness (QED) is 0.240. The van der Waals surface area contributed by atoms with Gasteiger partial charge in [0, 0.05) is 47.9 Å². The second-order valence-corrected chi connectivity index (χ2v) is 14.6. The number of imidazole rings is 1. The molecule has 0 radical (unpaired) electrons. The number of rotatable bonds is 8. The molecule has 0 spiro atoms. The first kappa shape index (κ1) is 31.5. The molecule has 0 aliphatic carbocycles. The molecule has 3 aromatic carbocycles. The summed E-state index contributed by atoms with van der Waals surface area (Å²) in [6.07, 6.45) is 2.06. The highest BCUT2D eigenvalue weighted by atomic mass is 35.5. The molecule has 1 fully saturated rings. The molecule has 1 aromatic heterocycles. The smallest absolute Gasteiger partial charge is 0.337 e. The number of hydrogen-bond donors (Lipinski definition) is 1. The van der Waals surface area contributed by atoms with Crippen molar-refractivity contribution in [1.82, 2.24) is 14.5 Å². The molecule has 1 saturated heterocycles. The van der Waals surface area contributed by atoms with Gasteiger partial charge in [0.15, 0.2) is 0 Å². The van der Waals surface area contributed by atoms with Gasteiger partial charge < -0.3 is 14.6 Å². The van der Waals surface area contributed by atoms with Crippen LogP contribution in [0.4, 0.5) is 10.1 Å². The minimum absolute atomic E-state index is 0.0610. The van der Waals surface area contributed by atoms with Crippen LogP contribution < -0.4 is 5.32 Å². The van der Waals surface area contributed by atoms with Crippen LogP contribution in [-0.2, 0) is 25.9 Å². The third-order valence-electron chi connectivity index (χ3n) is 8.70. The fraction of sp³-hybridized carbons (Fsp3) is 0.344. The Morgan fingerprint density at radius 2 is 1.87 bits per heavy atom. The lowest BCUT2D eigenvalue weighted by Crippen LogP contribution is -2.46. The van der Waals surface area contributed by atoms with Crippen molar-refractivity contribution in [2.45, 2.75) is 43.3 Å². The molecule has 6 rings (SSSR count). The van der Waals surface area contributed by atoms with Gasteiger partial charge >= 0.3 is 5.97 Å². The number of sulfone groups is 1. The van der Waals surface area contributed by atoms with Crippen LogP contribution >= 0.6 is 23.2 Å². The van der Waals surface area contributed by atoms with E-state index in [-0.39, 0.29) is 41.3 Å². The predicted octanol–water partition coefficient (Wildman–Crippen LogP) is 5.67. The number of hydrogen-bond acceptors (Lipinski definition) is 7. The molecule has 45 heavy (non-hydrogen) atoms. The van der Waals surface area contributed by atoms with Gasteiger partial charge in [-0.25, -0.2) is 22.6 Å². The molecule has 13 heteroatoms. The Bertz CT molecular complexity index is 1920. The van der Waals surface area contributed by atoms with Gasteiger partial charge in [0.05, 0.1) is 40.5 Å². The number of carbonyl (C=O) groups excluding carboxylic acids is 2. The molecule has 4 aromatic rings. The maximum absolute atomic E-state index is 16.0. The fourth-order valence-corrected chi connectivity index (χ4v) is 7.95. The highest BCUT2D eigenvalue weighted by Crippen LogP contribution is 2.52. The molecule has 1 N–H and O–H groups in total. The topological polar surface area (TPSA) is 111 Å². The van der Waals surface area contributed by atoms with Crippen LogP contribution in [0.25, 0.3) is 11.0 Å². The third kappa shape index (κ3) is 6.06. The molecule has 4 atom stereocenters. The van der Waals surface area contributed by atoms with E-state index in [2.05, 4.69) is 9.88 Å². The van der Waals surface area contributed by atoms with E-state index in [1.54, 1.807) is 48.5 Å². The monoisotopic (exact) mass is 672 g/mol. The number of amides is 1. The molecule has 1 amide bonds. The number of methoxy groups -OCH3 is 1. The Labute approximate surface area is 270 Å². The minimum Gasteiger partial charge on any atom is -0.465 e. The summed E-state index contributed by atoms with van der Waals surface area (Å²) < 4.78 is 47.1. The summed E-state index contributed by atoms with van der Waals surface area (Å²) in [4.78, 5) is 33.6. The molecular weight excluding hydrogens is 642 g/mol. The van der Waals surface area contributed by atoms with E-state index in [0.717, 1.165) is 5.52 Å². The summed E-state index contributed by atoms with van der Waals surface area (Å²) in [5, 5.41) is 3.34. The van der Waals surface area contributed by atoms with Crippen LogP contribution in [0.3, 0.4) is 0 Å². The number of aryl methyl sites for hydroxylation is 1. The number of likely N-dealkylation sites (tertiary alicyclic amines) is 1. The number of ether oxygens (including phenoxy) is 1. The molecule has 9 nitrogen and oxygen atoms in total. The molecule has 0 unspecified atom stereocenters. The lowest BCUT2D eigenvalue weighted by atomic mass is 9.78. The van der Waals surface area contributed by atoms with Gasteiger partial charge in [0.1, 0.15) is 21.5 Å². The van der Waals surface area contributed by atoms with Crippen LogP contribution in [0.5, 0.6) is 0 Å². The molecule has 0 saturated carbocycles. The highest BCUT2D eigenvalue weighted by molar-refractivity contribution is 7.90. The summed E-state index contributed by atoms with van der Waals surface area (Å²) in [5.41, 5.74) is 2.48. The number of esters is 1. The van der Waals surface area contributed by atoms with Crippen molar-refractivity contribution in [2.75, 3.05) is 31.0 Å². The first-order valence-corrected chi connectivity index (χ1v) is 17.3. The highest BCUT2D eigenvalue weighted by Gasteiger charge is 2.56. The van der Waals surface area contributed by atoms with Gasteiger partial charge in [-0.2, -0.15) is 0 Å². The van der Waals surface area contributed by atoms with E-state index < -0.39 is 39.5 Å². The van der Waals surface area contributed by atoms with Gasteiger partial charge in [-0.3, -0.25) is 9.69 Å². The number of carbonyl (C=O) groups is 2. The molecule has 236 valence electrons. The normalized spacial score (nSPS) is 21.4. The zero-order valence-electron chi connectivity index (χ0n) is 24.5. The molecule has 2 aliphatic heterocycles. The second kappa shape index (κ2) is 12.4. The van der Waals surface area contributed by atoms with E-state index in [1.807, 2.05) is 11.0 Å². The van der Waals surface area contributed by atoms with Crippen molar-refractivity contribution in [3.8, 4) is 0 Å². The maximum atomic E-state index is 16.0. The molecule has 0 bridgehead atoms. The summed E-state index contributed by atoms with van der Waals surface area (Å²) >= 11 is 12.5. The standard InChI is InChI=1S/C32H31Cl2FN4O5S/c1-44-32(41)18-10-11-24-23(16-18)37-30-27-25(12-14-39(24)30)38(13-5-15-45(2,42)43)29(26(27)21-8-4-9-22(34)28(21)35)31(40)36-20-7-3-6-19(33)17-20/h3-4,6-11,16-17,25-27,29H,5,12-15H2,1-2H3,(H,36,40)/t25-,26-,27+,29+/m0/s1. The first-order chi connectivity index (χ1) is 21.5. The van der Waals surface area contributed by atoms with E-state index in [0.29, 0.717) is 40.6 Å². The molecular formula is C32H31Cl2FN4O5S. The van der Waals surface area contributed by atoms with Crippen molar-refractivity contribution in [3.63, 3.8) is 0 Å². The predicted molar refractivity (Wildman–Crippen MR) is 171 cm³/mol. The number of nitrogens with one attached hydrogen (secondary N) is 1. The van der Waals surface area contributed by atoms with E-state index in [9.17, 15) is 18.0 Å². The van der Waals surface area contributed by atoms with Crippen LogP contribution in [0.1, 0.15) is 46.4 Å². The largest absolute Gasteiger partial charge is 0.465 e. The number of fused-ring (bicyclic) bond motifs is 5. The lowest BCUT2D eigenvalue weighted by Gasteiger charge is -2.34. The summed E-state index contributed by atoms with van der Waals surface area (Å²) in [7, 11) is -1.96. The molecule has 2 aliphatic rings. The summed E-state index contributed by atoms with van der Waals surface area (Å²) in [6.45, 7) is 0.841. The zero-order chi connectivity index (χ0) is 32.0. The number of halogens is 3. The van der Waals surface area contributed by atoms with Crippen LogP contribution in [0.2, 0.25) is 10.0 Å². The Kier molecular flexibility index (Phi) is 8.64. The zero-order valence-corrected chi connectivity index (χ0v) is 26.9. The van der Waals surface area contributed by atoms with Crippen LogP contribution in [-0.4, -0.2) is 72.5 Å². The van der Waals surface area contributed by atoms with E-state index in [1.165, 1.54) is 19.4 Å². The van der Waals surface area contributed by atoms with Crippen molar-refractivity contribution < 1.29 is 27.1 Å².